The molecule has 1 fully saturated rings. The van der Waals surface area contributed by atoms with Crippen LogP contribution >= 0.6 is 11.8 Å². The van der Waals surface area contributed by atoms with Gasteiger partial charge in [0.1, 0.15) is 0 Å². The zero-order chi connectivity index (χ0) is 15.2. The van der Waals surface area contributed by atoms with Gasteiger partial charge in [0.2, 0.25) is 0 Å². The van der Waals surface area contributed by atoms with Crippen LogP contribution in [-0.2, 0) is 7.05 Å². The minimum Gasteiger partial charge on any atom is -0.313 e. The van der Waals surface area contributed by atoms with E-state index in [4.69, 9.17) is 0 Å². The maximum absolute atomic E-state index is 11.5. The Balaban J connectivity index is 2.15. The average Bonchev–Trinajstić information content (AvgIpc) is 2.68. The molecule has 2 N–H and O–H groups in total. The first kappa shape index (κ1) is 16.3. The van der Waals surface area contributed by atoms with Crippen molar-refractivity contribution in [2.75, 3.05) is 6.54 Å². The largest absolute Gasteiger partial charge is 0.339 e. The molecule has 1 aliphatic carbocycles. The molecule has 2 rings (SSSR count). The number of aromatic amines is 1. The van der Waals surface area contributed by atoms with E-state index >= 15 is 0 Å². The van der Waals surface area contributed by atoms with E-state index < -0.39 is 11.1 Å². The van der Waals surface area contributed by atoms with E-state index in [2.05, 4.69) is 22.3 Å². The normalized spacial score (nSPS) is 23.0. The molecule has 2 unspecified atom stereocenters. The number of H-pyrrole nitrogens is 1. The molecule has 0 bridgehead atoms. The summed E-state index contributed by atoms with van der Waals surface area (Å²) in [5.74, 6) is 0. The Morgan fingerprint density at radius 3 is 2.86 bits per heavy atom. The number of hydrogen-bond donors (Lipinski definition) is 2. The van der Waals surface area contributed by atoms with E-state index in [1.165, 1.54) is 19.3 Å². The van der Waals surface area contributed by atoms with Crippen molar-refractivity contribution in [3.8, 4) is 0 Å². The van der Waals surface area contributed by atoms with Crippen LogP contribution in [0.1, 0.15) is 45.4 Å². The maximum atomic E-state index is 11.5. The number of thioether (sulfide) groups is 1. The maximum Gasteiger partial charge on any atom is 0.339 e. The van der Waals surface area contributed by atoms with Crippen molar-refractivity contribution in [3.63, 3.8) is 0 Å². The third-order valence-corrected chi connectivity index (χ3v) is 5.26. The van der Waals surface area contributed by atoms with E-state index in [-0.39, 0.29) is 0 Å². The van der Waals surface area contributed by atoms with Gasteiger partial charge in [-0.25, -0.2) is 0 Å². The first-order chi connectivity index (χ1) is 10.1. The van der Waals surface area contributed by atoms with Crippen LogP contribution in [0.25, 0.3) is 0 Å². The van der Waals surface area contributed by atoms with Crippen LogP contribution in [0.4, 0.5) is 0 Å². The summed E-state index contributed by atoms with van der Waals surface area (Å²) in [6, 6.07) is 0.446. The molecule has 1 aromatic heterocycles. The summed E-state index contributed by atoms with van der Waals surface area (Å²) in [6.45, 7) is 3.18. The highest BCUT2D eigenvalue weighted by Gasteiger charge is 2.25. The second kappa shape index (κ2) is 7.79. The molecule has 0 aromatic carbocycles. The quantitative estimate of drug-likeness (QED) is 0.632. The first-order valence-electron chi connectivity index (χ1n) is 7.69. The molecular formula is C14H24N4O2S. The van der Waals surface area contributed by atoms with Crippen LogP contribution < -0.4 is 16.4 Å². The highest BCUT2D eigenvalue weighted by atomic mass is 32.2. The van der Waals surface area contributed by atoms with Gasteiger partial charge in [0.05, 0.1) is 0 Å². The van der Waals surface area contributed by atoms with E-state index in [1.54, 1.807) is 23.5 Å². The van der Waals surface area contributed by atoms with Crippen LogP contribution in [0.2, 0.25) is 0 Å². The van der Waals surface area contributed by atoms with E-state index in [0.717, 1.165) is 25.8 Å². The fourth-order valence-electron chi connectivity index (χ4n) is 2.68. The number of aromatic nitrogens is 3. The molecule has 7 heteroatoms. The molecule has 6 nitrogen and oxygen atoms in total. The Hall–Kier alpha value is -1.08. The summed E-state index contributed by atoms with van der Waals surface area (Å²) in [4.78, 5) is 26.6. The average molecular weight is 312 g/mol. The molecule has 118 valence electrons. The van der Waals surface area contributed by atoms with Crippen LogP contribution in [0.5, 0.6) is 0 Å². The zero-order valence-corrected chi connectivity index (χ0v) is 13.5. The van der Waals surface area contributed by atoms with Crippen LogP contribution in [0.3, 0.4) is 0 Å². The van der Waals surface area contributed by atoms with Crippen molar-refractivity contribution in [2.45, 2.75) is 61.9 Å². The summed E-state index contributed by atoms with van der Waals surface area (Å²) >= 11 is 1.61. The Morgan fingerprint density at radius 1 is 1.33 bits per heavy atom. The van der Waals surface area contributed by atoms with E-state index in [9.17, 15) is 9.59 Å². The minimum atomic E-state index is -0.706. The lowest BCUT2D eigenvalue weighted by atomic mass is 10.1. The standard InChI is InChI=1S/C14H24N4O2S/c1-3-9-15-10-7-5-4-6-8-11(10)21-14-16-12(19)13(20)17-18(14)2/h10-11,15H,3-9H2,1-2H3,(H,17,20). The van der Waals surface area contributed by atoms with Crippen LogP contribution in [0.15, 0.2) is 14.7 Å². The summed E-state index contributed by atoms with van der Waals surface area (Å²) in [7, 11) is 1.72. The Bertz CT molecular complexity index is 569. The van der Waals surface area contributed by atoms with Crippen molar-refractivity contribution in [3.05, 3.63) is 20.7 Å². The molecule has 2 atom stereocenters. The number of aryl methyl sites for hydroxylation is 1. The lowest BCUT2D eigenvalue weighted by molar-refractivity contribution is 0.468. The first-order valence-corrected chi connectivity index (χ1v) is 8.57. The molecule has 0 spiro atoms. The Kier molecular flexibility index (Phi) is 6.05. The second-order valence-electron chi connectivity index (χ2n) is 5.55. The number of rotatable bonds is 5. The molecule has 1 aliphatic rings. The molecular weight excluding hydrogens is 288 g/mol. The van der Waals surface area contributed by atoms with Gasteiger partial charge in [0, 0.05) is 18.3 Å². The van der Waals surface area contributed by atoms with Crippen LogP contribution in [-0.4, -0.2) is 32.6 Å². The molecule has 0 amide bonds. The van der Waals surface area contributed by atoms with Gasteiger partial charge in [-0.05, 0) is 25.8 Å². The van der Waals surface area contributed by atoms with Gasteiger partial charge in [0.15, 0.2) is 5.16 Å². The highest BCUT2D eigenvalue weighted by molar-refractivity contribution is 7.99. The Morgan fingerprint density at radius 2 is 2.10 bits per heavy atom. The number of hydrogen-bond acceptors (Lipinski definition) is 5. The van der Waals surface area contributed by atoms with Crippen molar-refractivity contribution in [2.24, 2.45) is 7.05 Å². The van der Waals surface area contributed by atoms with E-state index in [1.807, 2.05) is 0 Å². The predicted molar refractivity (Wildman–Crippen MR) is 84.9 cm³/mol. The van der Waals surface area contributed by atoms with Crippen LogP contribution in [0, 0.1) is 0 Å². The van der Waals surface area contributed by atoms with Crippen molar-refractivity contribution in [1.29, 1.82) is 0 Å². The van der Waals surface area contributed by atoms with Crippen molar-refractivity contribution < 1.29 is 0 Å². The third-order valence-electron chi connectivity index (χ3n) is 3.81. The van der Waals surface area contributed by atoms with Gasteiger partial charge >= 0.3 is 11.1 Å². The van der Waals surface area contributed by atoms with Crippen molar-refractivity contribution >= 4 is 11.8 Å². The second-order valence-corrected chi connectivity index (χ2v) is 6.76. The van der Waals surface area contributed by atoms with Gasteiger partial charge in [-0.3, -0.25) is 19.4 Å². The molecule has 21 heavy (non-hydrogen) atoms. The van der Waals surface area contributed by atoms with E-state index in [0.29, 0.717) is 16.4 Å². The number of nitrogens with zero attached hydrogens (tertiary/aromatic N) is 2. The molecule has 0 saturated heterocycles. The monoisotopic (exact) mass is 312 g/mol. The minimum absolute atomic E-state index is 0.392. The summed E-state index contributed by atoms with van der Waals surface area (Å²) in [5, 5.41) is 7.12. The summed E-state index contributed by atoms with van der Waals surface area (Å²) in [6.07, 6.45) is 7.11. The van der Waals surface area contributed by atoms with Gasteiger partial charge in [0.25, 0.3) is 0 Å². The fraction of sp³-hybridized carbons (Fsp3) is 0.786. The molecule has 1 saturated carbocycles. The van der Waals surface area contributed by atoms with Crippen molar-refractivity contribution in [1.82, 2.24) is 20.1 Å². The predicted octanol–water partition coefficient (Wildman–Crippen LogP) is 1.26. The van der Waals surface area contributed by atoms with Gasteiger partial charge in [-0.1, -0.05) is 37.9 Å². The zero-order valence-electron chi connectivity index (χ0n) is 12.7. The third kappa shape index (κ3) is 4.44. The Labute approximate surface area is 128 Å². The highest BCUT2D eigenvalue weighted by Crippen LogP contribution is 2.31. The number of nitrogens with one attached hydrogen (secondary N) is 2. The summed E-state index contributed by atoms with van der Waals surface area (Å²) < 4.78 is 1.55. The molecule has 0 radical (unpaired) electrons. The summed E-state index contributed by atoms with van der Waals surface area (Å²) in [5.41, 5.74) is -1.37. The van der Waals surface area contributed by atoms with Gasteiger partial charge in [-0.15, -0.1) is 0 Å². The smallest absolute Gasteiger partial charge is 0.313 e. The molecule has 1 heterocycles. The molecule has 0 aliphatic heterocycles. The van der Waals surface area contributed by atoms with Gasteiger partial charge in [-0.2, -0.15) is 4.98 Å². The fourth-order valence-corrected chi connectivity index (χ4v) is 3.97. The lowest BCUT2D eigenvalue weighted by Gasteiger charge is -2.25. The van der Waals surface area contributed by atoms with Gasteiger partial charge < -0.3 is 5.32 Å². The topological polar surface area (TPSA) is 79.8 Å². The lowest BCUT2D eigenvalue weighted by Crippen LogP contribution is -2.39. The SMILES string of the molecule is CCCNC1CCCCCC1Sc1nc(=O)c(=O)[nH]n1C. The molecule has 1 aromatic rings.